The molecule has 154 valence electrons. The normalized spacial score (nSPS) is 10.8. The zero-order chi connectivity index (χ0) is 21.5. The van der Waals surface area contributed by atoms with Crippen molar-refractivity contribution < 1.29 is 13.9 Å². The van der Waals surface area contributed by atoms with Gasteiger partial charge in [0.15, 0.2) is 0 Å². The largest absolute Gasteiger partial charge is 0.487 e. The number of nitrogens with zero attached hydrogens (tertiary/aromatic N) is 1. The molecule has 0 spiro atoms. The van der Waals surface area contributed by atoms with Gasteiger partial charge in [0.1, 0.15) is 18.2 Å². The van der Waals surface area contributed by atoms with Crippen LogP contribution in [0.25, 0.3) is 0 Å². The molecule has 0 atom stereocenters. The molecule has 0 saturated heterocycles. The number of nitrogens with one attached hydrogen (secondary N) is 2. The number of amides is 2. The van der Waals surface area contributed by atoms with E-state index in [1.807, 2.05) is 43.3 Å². The summed E-state index contributed by atoms with van der Waals surface area (Å²) >= 11 is 4.38. The fraction of sp³-hybridized carbons (Fsp3) is 0.0909. The molecule has 3 rings (SSSR count). The molecule has 0 aliphatic carbocycles. The van der Waals surface area contributed by atoms with Crippen molar-refractivity contribution in [3.8, 4) is 5.75 Å². The minimum Gasteiger partial charge on any atom is -0.487 e. The number of carbonyl (C=O) groups is 1. The second-order valence-corrected chi connectivity index (χ2v) is 8.69. The summed E-state index contributed by atoms with van der Waals surface area (Å²) in [5.74, 6) is 0.482. The molecule has 3 aromatic carbocycles. The summed E-state index contributed by atoms with van der Waals surface area (Å²) in [7, 11) is 0. The van der Waals surface area contributed by atoms with Crippen LogP contribution in [0, 0.1) is 19.9 Å². The van der Waals surface area contributed by atoms with Crippen LogP contribution in [0.1, 0.15) is 16.7 Å². The number of carbonyl (C=O) groups excluding carboxylic acids is 1. The molecule has 0 saturated carbocycles. The van der Waals surface area contributed by atoms with E-state index in [-0.39, 0.29) is 5.82 Å². The molecule has 0 aliphatic rings. The van der Waals surface area contributed by atoms with Crippen LogP contribution in [0.15, 0.2) is 65.8 Å². The number of para-hydroxylation sites is 1. The Balaban J connectivity index is 1.59. The summed E-state index contributed by atoms with van der Waals surface area (Å²) in [6.07, 6.45) is 1.57. The van der Waals surface area contributed by atoms with Gasteiger partial charge in [0.2, 0.25) is 0 Å². The molecular weight excluding hydrogens is 611 g/mol. The van der Waals surface area contributed by atoms with Gasteiger partial charge in [0.25, 0.3) is 0 Å². The Kier molecular flexibility index (Phi) is 8.02. The number of benzene rings is 3. The second kappa shape index (κ2) is 10.7. The highest BCUT2D eigenvalue weighted by molar-refractivity contribution is 14.1. The molecule has 2 N–H and O–H groups in total. The fourth-order valence-corrected chi connectivity index (χ4v) is 4.68. The van der Waals surface area contributed by atoms with Gasteiger partial charge in [-0.15, -0.1) is 0 Å². The van der Waals surface area contributed by atoms with Gasteiger partial charge in [-0.3, -0.25) is 0 Å². The summed E-state index contributed by atoms with van der Waals surface area (Å²) in [4.78, 5) is 12.0. The average molecular weight is 629 g/mol. The number of hydrogen-bond acceptors (Lipinski definition) is 3. The van der Waals surface area contributed by atoms with Gasteiger partial charge in [0, 0.05) is 5.69 Å². The SMILES string of the molecule is Cc1ccccc1NC(=O)NN=Cc1cc(I)c(OCc2ccc(F)cc2)c(I)c1. The van der Waals surface area contributed by atoms with Crippen LogP contribution in [-0.4, -0.2) is 12.2 Å². The van der Waals surface area contributed by atoms with Crippen LogP contribution in [-0.2, 0) is 6.61 Å². The maximum atomic E-state index is 13.0. The van der Waals surface area contributed by atoms with Crippen molar-refractivity contribution in [2.24, 2.45) is 5.10 Å². The third-order valence-corrected chi connectivity index (χ3v) is 5.69. The minimum absolute atomic E-state index is 0.271. The molecule has 0 heterocycles. The number of anilines is 1. The van der Waals surface area contributed by atoms with E-state index in [2.05, 4.69) is 61.0 Å². The van der Waals surface area contributed by atoms with Crippen LogP contribution in [0.5, 0.6) is 5.75 Å². The first-order valence-electron chi connectivity index (χ1n) is 8.94. The summed E-state index contributed by atoms with van der Waals surface area (Å²) in [6.45, 7) is 2.27. The monoisotopic (exact) mass is 629 g/mol. The summed E-state index contributed by atoms with van der Waals surface area (Å²) in [5.41, 5.74) is 5.88. The Morgan fingerprint density at radius 2 is 1.77 bits per heavy atom. The van der Waals surface area contributed by atoms with E-state index in [1.165, 1.54) is 12.1 Å². The first-order chi connectivity index (χ1) is 14.4. The zero-order valence-corrected chi connectivity index (χ0v) is 20.3. The average Bonchev–Trinajstić information content (AvgIpc) is 2.70. The topological polar surface area (TPSA) is 62.7 Å². The quantitative estimate of drug-likeness (QED) is 0.198. The molecule has 5 nitrogen and oxygen atoms in total. The molecule has 2 amide bonds. The number of aryl methyl sites for hydroxylation is 1. The third-order valence-electron chi connectivity index (χ3n) is 4.09. The Morgan fingerprint density at radius 3 is 2.43 bits per heavy atom. The van der Waals surface area contributed by atoms with Crippen LogP contribution in [0.3, 0.4) is 0 Å². The van der Waals surface area contributed by atoms with Crippen molar-refractivity contribution in [1.29, 1.82) is 0 Å². The highest BCUT2D eigenvalue weighted by atomic mass is 127. The number of hydrogen-bond donors (Lipinski definition) is 2. The lowest BCUT2D eigenvalue weighted by Crippen LogP contribution is -2.24. The summed E-state index contributed by atoms with van der Waals surface area (Å²) in [6, 6.07) is 17.1. The molecule has 0 fully saturated rings. The Morgan fingerprint density at radius 1 is 1.10 bits per heavy atom. The number of ether oxygens (including phenoxy) is 1. The summed E-state index contributed by atoms with van der Waals surface area (Å²) < 4.78 is 20.7. The minimum atomic E-state index is -0.413. The van der Waals surface area contributed by atoms with Gasteiger partial charge >= 0.3 is 6.03 Å². The van der Waals surface area contributed by atoms with Crippen LogP contribution < -0.4 is 15.5 Å². The predicted octanol–water partition coefficient (Wildman–Crippen LogP) is 6.08. The maximum absolute atomic E-state index is 13.0. The standard InChI is InChI=1S/C22H18FI2N3O2/c1-14-4-2-3-5-20(14)27-22(29)28-26-12-16-10-18(24)21(19(25)11-16)30-13-15-6-8-17(23)9-7-15/h2-12H,13H2,1H3,(H2,27,28,29). The maximum Gasteiger partial charge on any atom is 0.339 e. The van der Waals surface area contributed by atoms with Gasteiger partial charge in [-0.2, -0.15) is 5.10 Å². The summed E-state index contributed by atoms with van der Waals surface area (Å²) in [5, 5.41) is 6.76. The number of hydrazone groups is 1. The van der Waals surface area contributed by atoms with Gasteiger partial charge in [-0.25, -0.2) is 14.6 Å². The molecule has 0 aliphatic heterocycles. The van der Waals surface area contributed by atoms with Gasteiger partial charge in [-0.1, -0.05) is 30.3 Å². The van der Waals surface area contributed by atoms with Crippen LogP contribution in [0.4, 0.5) is 14.9 Å². The lowest BCUT2D eigenvalue weighted by atomic mass is 10.2. The van der Waals surface area contributed by atoms with Crippen molar-refractivity contribution in [2.75, 3.05) is 5.32 Å². The first-order valence-corrected chi connectivity index (χ1v) is 11.1. The van der Waals surface area contributed by atoms with Gasteiger partial charge < -0.3 is 10.1 Å². The molecule has 0 bridgehead atoms. The van der Waals surface area contributed by atoms with Crippen molar-refractivity contribution >= 4 is 63.1 Å². The van der Waals surface area contributed by atoms with Crippen LogP contribution >= 0.6 is 45.2 Å². The molecule has 0 unspecified atom stereocenters. The van der Waals surface area contributed by atoms with Crippen molar-refractivity contribution in [2.45, 2.75) is 13.5 Å². The van der Waals surface area contributed by atoms with Crippen molar-refractivity contribution in [1.82, 2.24) is 5.43 Å². The van der Waals surface area contributed by atoms with E-state index < -0.39 is 6.03 Å². The smallest absolute Gasteiger partial charge is 0.339 e. The molecule has 0 aromatic heterocycles. The lowest BCUT2D eigenvalue weighted by molar-refractivity contribution is 0.252. The van der Waals surface area contributed by atoms with Gasteiger partial charge in [-0.05, 0) is 99.1 Å². The van der Waals surface area contributed by atoms with E-state index in [0.29, 0.717) is 6.61 Å². The molecular formula is C22H18FI2N3O2. The zero-order valence-electron chi connectivity index (χ0n) is 16.0. The highest BCUT2D eigenvalue weighted by Crippen LogP contribution is 2.29. The van der Waals surface area contributed by atoms with E-state index >= 15 is 0 Å². The first kappa shape index (κ1) is 22.5. The predicted molar refractivity (Wildman–Crippen MR) is 134 cm³/mol. The van der Waals surface area contributed by atoms with E-state index in [1.54, 1.807) is 18.3 Å². The number of urea groups is 1. The Labute approximate surface area is 201 Å². The van der Waals surface area contributed by atoms with Gasteiger partial charge in [0.05, 0.1) is 13.4 Å². The number of rotatable bonds is 6. The van der Waals surface area contributed by atoms with Crippen molar-refractivity contribution in [3.05, 3.63) is 90.3 Å². The van der Waals surface area contributed by atoms with Crippen molar-refractivity contribution in [3.63, 3.8) is 0 Å². The molecule has 0 radical (unpaired) electrons. The Hall–Kier alpha value is -2.21. The van der Waals surface area contributed by atoms with E-state index in [9.17, 15) is 9.18 Å². The third kappa shape index (κ3) is 6.39. The lowest BCUT2D eigenvalue weighted by Gasteiger charge is -2.11. The molecule has 3 aromatic rings. The number of halogens is 3. The van der Waals surface area contributed by atoms with Crippen LogP contribution in [0.2, 0.25) is 0 Å². The second-order valence-electron chi connectivity index (χ2n) is 6.37. The van der Waals surface area contributed by atoms with E-state index in [4.69, 9.17) is 4.74 Å². The molecule has 8 heteroatoms. The Bertz CT molecular complexity index is 1050. The van der Waals surface area contributed by atoms with E-state index in [0.717, 1.165) is 35.3 Å². The highest BCUT2D eigenvalue weighted by Gasteiger charge is 2.09. The molecule has 30 heavy (non-hydrogen) atoms. The fourth-order valence-electron chi connectivity index (χ4n) is 2.56.